The maximum absolute atomic E-state index is 14.2. The van der Waals surface area contributed by atoms with Crippen molar-refractivity contribution in [1.29, 1.82) is 0 Å². The smallest absolute Gasteiger partial charge is 0.335 e. The number of benzene rings is 3. The van der Waals surface area contributed by atoms with Gasteiger partial charge in [-0.25, -0.2) is 9.59 Å². The Morgan fingerprint density at radius 3 is 2.21 bits per heavy atom. The maximum Gasteiger partial charge on any atom is 0.335 e. The second-order valence-electron chi connectivity index (χ2n) is 10.7. The van der Waals surface area contributed by atoms with Gasteiger partial charge in [0.2, 0.25) is 0 Å². The van der Waals surface area contributed by atoms with Crippen molar-refractivity contribution < 1.29 is 29.0 Å². The van der Waals surface area contributed by atoms with Gasteiger partial charge in [-0.15, -0.1) is 0 Å². The van der Waals surface area contributed by atoms with E-state index < -0.39 is 17.5 Å². The van der Waals surface area contributed by atoms with E-state index in [1.807, 2.05) is 36.4 Å². The van der Waals surface area contributed by atoms with E-state index in [-0.39, 0.29) is 36.3 Å². The third-order valence-corrected chi connectivity index (χ3v) is 7.19. The average molecular weight is 516 g/mol. The molecule has 1 heterocycles. The molecule has 0 spiro atoms. The Kier molecular flexibility index (Phi) is 7.31. The Morgan fingerprint density at radius 1 is 0.921 bits per heavy atom. The summed E-state index contributed by atoms with van der Waals surface area (Å²) in [4.78, 5) is 41.1. The number of esters is 1. The Bertz CT molecular complexity index is 1370. The highest BCUT2D eigenvalue weighted by Gasteiger charge is 2.50. The molecule has 198 valence electrons. The molecule has 1 unspecified atom stereocenters. The van der Waals surface area contributed by atoms with Crippen LogP contribution in [0.2, 0.25) is 0 Å². The molecule has 1 aliphatic heterocycles. The van der Waals surface area contributed by atoms with Crippen LogP contribution in [0.25, 0.3) is 0 Å². The first-order chi connectivity index (χ1) is 18.0. The lowest BCUT2D eigenvalue weighted by Gasteiger charge is -2.46. The lowest BCUT2D eigenvalue weighted by atomic mass is 9.77. The fourth-order valence-electron chi connectivity index (χ4n) is 5.21. The van der Waals surface area contributed by atoms with Crippen molar-refractivity contribution in [1.82, 2.24) is 4.90 Å². The second kappa shape index (κ2) is 10.3. The van der Waals surface area contributed by atoms with Crippen molar-refractivity contribution in [2.24, 2.45) is 0 Å². The Balaban J connectivity index is 1.88. The molecule has 1 aliphatic rings. The highest BCUT2D eigenvalue weighted by molar-refractivity contribution is 5.99. The number of fused-ring (bicyclic) bond motifs is 1. The van der Waals surface area contributed by atoms with Gasteiger partial charge in [0.15, 0.2) is 0 Å². The quantitative estimate of drug-likeness (QED) is 0.462. The largest absolute Gasteiger partial charge is 0.496 e. The van der Waals surface area contributed by atoms with E-state index in [9.17, 15) is 19.5 Å². The molecule has 1 atom stereocenters. The van der Waals surface area contributed by atoms with E-state index in [1.165, 1.54) is 13.2 Å². The molecule has 4 rings (SSSR count). The van der Waals surface area contributed by atoms with E-state index in [0.717, 1.165) is 16.7 Å². The van der Waals surface area contributed by atoms with Gasteiger partial charge in [0.25, 0.3) is 5.91 Å². The van der Waals surface area contributed by atoms with Crippen molar-refractivity contribution in [2.45, 2.75) is 51.1 Å². The lowest BCUT2D eigenvalue weighted by molar-refractivity contribution is -0.154. The molecule has 7 heteroatoms. The summed E-state index contributed by atoms with van der Waals surface area (Å²) in [5, 5.41) is 9.56. The van der Waals surface area contributed by atoms with Crippen LogP contribution in [-0.2, 0) is 34.3 Å². The van der Waals surface area contributed by atoms with Crippen molar-refractivity contribution >= 4 is 17.8 Å². The summed E-state index contributed by atoms with van der Waals surface area (Å²) in [7, 11) is 2.88. The summed E-state index contributed by atoms with van der Waals surface area (Å²) < 4.78 is 10.9. The summed E-state index contributed by atoms with van der Waals surface area (Å²) in [5.74, 6) is -1.35. The second-order valence-corrected chi connectivity index (χ2v) is 10.7. The number of amides is 1. The van der Waals surface area contributed by atoms with Crippen LogP contribution in [0.15, 0.2) is 66.7 Å². The number of carbonyl (C=O) groups is 3. The van der Waals surface area contributed by atoms with Crippen molar-refractivity contribution in [3.63, 3.8) is 0 Å². The minimum absolute atomic E-state index is 0.119. The fourth-order valence-corrected chi connectivity index (χ4v) is 5.21. The third kappa shape index (κ3) is 5.01. The molecule has 0 saturated heterocycles. The monoisotopic (exact) mass is 515 g/mol. The molecule has 3 aromatic carbocycles. The zero-order chi connectivity index (χ0) is 27.7. The third-order valence-electron chi connectivity index (χ3n) is 7.19. The molecule has 1 amide bonds. The molecular weight excluding hydrogens is 482 g/mol. The van der Waals surface area contributed by atoms with Gasteiger partial charge in [-0.3, -0.25) is 4.79 Å². The summed E-state index contributed by atoms with van der Waals surface area (Å²) in [5.41, 5.74) is 2.26. The Morgan fingerprint density at radius 2 is 1.61 bits per heavy atom. The molecule has 38 heavy (non-hydrogen) atoms. The number of hydrogen-bond acceptors (Lipinski definition) is 5. The highest BCUT2D eigenvalue weighted by atomic mass is 16.5. The normalized spacial score (nSPS) is 16.9. The predicted molar refractivity (Wildman–Crippen MR) is 144 cm³/mol. The Labute approximate surface area is 223 Å². The maximum atomic E-state index is 14.2. The molecule has 0 aromatic heterocycles. The number of rotatable bonds is 6. The molecule has 0 aliphatic carbocycles. The minimum atomic E-state index is -1.38. The lowest BCUT2D eigenvalue weighted by Crippen LogP contribution is -2.62. The van der Waals surface area contributed by atoms with Gasteiger partial charge in [0.1, 0.15) is 11.3 Å². The topological polar surface area (TPSA) is 93.1 Å². The molecule has 0 bridgehead atoms. The van der Waals surface area contributed by atoms with Crippen LogP contribution in [0.5, 0.6) is 5.75 Å². The molecule has 0 radical (unpaired) electrons. The number of carboxylic acids is 1. The van der Waals surface area contributed by atoms with Crippen LogP contribution < -0.4 is 4.74 Å². The molecule has 0 saturated carbocycles. The Hall–Kier alpha value is -4.13. The molecule has 3 aromatic rings. The first-order valence-electron chi connectivity index (χ1n) is 12.5. The van der Waals surface area contributed by atoms with E-state index >= 15 is 0 Å². The van der Waals surface area contributed by atoms with Gasteiger partial charge in [0, 0.05) is 24.9 Å². The summed E-state index contributed by atoms with van der Waals surface area (Å²) in [6.07, 6.45) is 0.328. The van der Waals surface area contributed by atoms with Gasteiger partial charge in [-0.1, -0.05) is 63.2 Å². The molecule has 0 fully saturated rings. The number of nitrogens with zero attached hydrogens (tertiary/aromatic N) is 1. The van der Waals surface area contributed by atoms with Crippen LogP contribution in [0.4, 0.5) is 0 Å². The number of aromatic carboxylic acids is 1. The molecular formula is C31H33NO6. The van der Waals surface area contributed by atoms with E-state index in [2.05, 4.69) is 20.8 Å². The average Bonchev–Trinajstić information content (AvgIpc) is 2.90. The zero-order valence-corrected chi connectivity index (χ0v) is 22.4. The highest BCUT2D eigenvalue weighted by Crippen LogP contribution is 2.38. The number of carbonyl (C=O) groups excluding carboxylic acids is 2. The predicted octanol–water partition coefficient (Wildman–Crippen LogP) is 5.04. The number of hydrogen-bond donors (Lipinski definition) is 1. The number of ether oxygens (including phenoxy) is 2. The van der Waals surface area contributed by atoms with Crippen LogP contribution in [0.3, 0.4) is 0 Å². The zero-order valence-electron chi connectivity index (χ0n) is 22.4. The van der Waals surface area contributed by atoms with Gasteiger partial charge in [0.05, 0.1) is 19.8 Å². The van der Waals surface area contributed by atoms with Gasteiger partial charge < -0.3 is 19.5 Å². The number of carboxylic acid groups (broad SMARTS) is 1. The van der Waals surface area contributed by atoms with Crippen LogP contribution in [0, 0.1) is 0 Å². The van der Waals surface area contributed by atoms with Crippen molar-refractivity contribution in [3.05, 3.63) is 100 Å². The van der Waals surface area contributed by atoms with Crippen molar-refractivity contribution in [2.75, 3.05) is 14.2 Å². The summed E-state index contributed by atoms with van der Waals surface area (Å²) >= 11 is 0. The minimum Gasteiger partial charge on any atom is -0.496 e. The van der Waals surface area contributed by atoms with Crippen LogP contribution in [-0.4, -0.2) is 47.6 Å². The van der Waals surface area contributed by atoms with E-state index in [4.69, 9.17) is 9.47 Å². The van der Waals surface area contributed by atoms with E-state index in [0.29, 0.717) is 16.9 Å². The van der Waals surface area contributed by atoms with Gasteiger partial charge in [-0.05, 0) is 51.9 Å². The van der Waals surface area contributed by atoms with E-state index in [1.54, 1.807) is 36.3 Å². The van der Waals surface area contributed by atoms with Crippen LogP contribution >= 0.6 is 0 Å². The summed E-state index contributed by atoms with van der Waals surface area (Å²) in [6, 6.07) is 19.6. The van der Waals surface area contributed by atoms with Gasteiger partial charge >= 0.3 is 11.9 Å². The standard InChI is InChI=1S/C31H33NO6/c1-30(2,3)25-14-13-21(16-26(25)37-4)27(33)32-19-23-12-11-22(28(34)35)15-24(23)18-31(32,29(36)38-5)17-20-9-7-6-8-10-20/h6-16H,17-19H2,1-5H3,(H,34,35). The summed E-state index contributed by atoms with van der Waals surface area (Å²) in [6.45, 7) is 6.34. The van der Waals surface area contributed by atoms with Gasteiger partial charge in [-0.2, -0.15) is 0 Å². The van der Waals surface area contributed by atoms with Crippen molar-refractivity contribution in [3.8, 4) is 5.75 Å². The fraction of sp³-hybridized carbons (Fsp3) is 0.323. The first kappa shape index (κ1) is 26.9. The molecule has 7 nitrogen and oxygen atoms in total. The SMILES string of the molecule is COC(=O)C1(Cc2ccccc2)Cc2cc(C(=O)O)ccc2CN1C(=O)c1ccc(C(C)(C)C)c(OC)c1. The molecule has 1 N–H and O–H groups in total. The first-order valence-corrected chi connectivity index (χ1v) is 12.5. The van der Waals surface area contributed by atoms with Crippen LogP contribution in [0.1, 0.15) is 63.7 Å². The number of methoxy groups -OCH3 is 2.